The first-order chi connectivity index (χ1) is 17.7. The highest BCUT2D eigenvalue weighted by atomic mass is 19.1. The minimum Gasteiger partial charge on any atom is -0.381 e. The number of hydrogen-bond acceptors (Lipinski definition) is 8. The predicted molar refractivity (Wildman–Crippen MR) is 135 cm³/mol. The van der Waals surface area contributed by atoms with Crippen molar-refractivity contribution in [3.63, 3.8) is 0 Å². The third-order valence-electron chi connectivity index (χ3n) is 7.27. The summed E-state index contributed by atoms with van der Waals surface area (Å²) in [6.45, 7) is 3.33. The van der Waals surface area contributed by atoms with Gasteiger partial charge in [0.2, 0.25) is 5.91 Å². The molecule has 2 aromatic heterocycles. The topological polar surface area (TPSA) is 124 Å². The summed E-state index contributed by atoms with van der Waals surface area (Å²) in [5.41, 5.74) is 6.09. The number of nitrogen functional groups attached to an aromatic ring is 1. The van der Waals surface area contributed by atoms with Crippen molar-refractivity contribution in [2.24, 2.45) is 5.92 Å². The van der Waals surface area contributed by atoms with E-state index in [1.807, 2.05) is 26.0 Å². The number of amides is 2. The Hall–Kier alpha value is -2.90. The summed E-state index contributed by atoms with van der Waals surface area (Å²) >= 11 is 0. The van der Waals surface area contributed by atoms with Crippen LogP contribution in [0.15, 0.2) is 12.4 Å². The SMILES string of the molecule is CN(C)CCCN(C)C(=O)C1CCN(C2C(F)CNCC2NC(=O)c2c(N)nn3cc(F)cnc23)CC1. The Bertz CT molecular complexity index is 1100. The molecule has 37 heavy (non-hydrogen) atoms. The van der Waals surface area contributed by atoms with Crippen molar-refractivity contribution in [3.8, 4) is 0 Å². The van der Waals surface area contributed by atoms with E-state index in [-0.39, 0.29) is 35.4 Å². The van der Waals surface area contributed by atoms with Crippen molar-refractivity contribution in [3.05, 3.63) is 23.8 Å². The molecule has 204 valence electrons. The molecule has 2 aliphatic heterocycles. The lowest BCUT2D eigenvalue weighted by Crippen LogP contribution is -2.65. The normalized spacial score (nSPS) is 23.5. The van der Waals surface area contributed by atoms with Crippen LogP contribution in [0.2, 0.25) is 0 Å². The number of piperidine rings is 2. The van der Waals surface area contributed by atoms with E-state index in [4.69, 9.17) is 5.73 Å². The van der Waals surface area contributed by atoms with Gasteiger partial charge in [-0.3, -0.25) is 14.5 Å². The Balaban J connectivity index is 1.39. The lowest BCUT2D eigenvalue weighted by Gasteiger charge is -2.45. The fourth-order valence-electron chi connectivity index (χ4n) is 5.37. The number of halogens is 2. The predicted octanol–water partition coefficient (Wildman–Crippen LogP) is -0.0190. The molecule has 4 N–H and O–H groups in total. The Kier molecular flexibility index (Phi) is 8.55. The summed E-state index contributed by atoms with van der Waals surface area (Å²) in [7, 11) is 5.86. The van der Waals surface area contributed by atoms with Gasteiger partial charge < -0.3 is 26.2 Å². The minimum absolute atomic E-state index is 0.0290. The van der Waals surface area contributed by atoms with Gasteiger partial charge in [-0.2, -0.15) is 0 Å². The van der Waals surface area contributed by atoms with Crippen molar-refractivity contribution >= 4 is 23.3 Å². The number of likely N-dealkylation sites (tertiary alicyclic amines) is 1. The molecule has 0 aliphatic carbocycles. The van der Waals surface area contributed by atoms with Crippen molar-refractivity contribution in [1.82, 2.24) is 39.9 Å². The first kappa shape index (κ1) is 27.1. The summed E-state index contributed by atoms with van der Waals surface area (Å²) in [5, 5.41) is 9.91. The van der Waals surface area contributed by atoms with Gasteiger partial charge in [-0.15, -0.1) is 5.10 Å². The number of anilines is 1. The average molecular weight is 522 g/mol. The second-order valence-corrected chi connectivity index (χ2v) is 10.3. The molecule has 2 saturated heterocycles. The molecule has 4 rings (SSSR count). The molecule has 4 heterocycles. The molecule has 0 aromatic carbocycles. The van der Waals surface area contributed by atoms with E-state index in [0.717, 1.165) is 29.9 Å². The zero-order valence-corrected chi connectivity index (χ0v) is 21.7. The van der Waals surface area contributed by atoms with Gasteiger partial charge in [-0.25, -0.2) is 18.3 Å². The minimum atomic E-state index is -1.20. The molecule has 0 bridgehead atoms. The largest absolute Gasteiger partial charge is 0.381 e. The average Bonchev–Trinajstić information content (AvgIpc) is 3.18. The van der Waals surface area contributed by atoms with Crippen LogP contribution in [0.25, 0.3) is 5.65 Å². The highest BCUT2D eigenvalue weighted by Gasteiger charge is 2.41. The van der Waals surface area contributed by atoms with Crippen molar-refractivity contribution < 1.29 is 18.4 Å². The van der Waals surface area contributed by atoms with Gasteiger partial charge in [0, 0.05) is 32.6 Å². The number of nitrogens with two attached hydrogens (primary N) is 1. The fourth-order valence-corrected chi connectivity index (χ4v) is 5.37. The van der Waals surface area contributed by atoms with Crippen LogP contribution in [0.4, 0.5) is 14.6 Å². The second kappa shape index (κ2) is 11.7. The standard InChI is InChI=1S/C24H37F2N9O2/c1-32(2)7-4-8-33(3)24(37)15-5-9-34(10-6-15)20-17(26)12-28-13-18(20)30-23(36)19-21(27)31-35-14-16(25)11-29-22(19)35/h11,14-15,17-18,20,28H,4-10,12-13H2,1-3H3,(H2,27,31)(H,30,36). The van der Waals surface area contributed by atoms with E-state index in [2.05, 4.69) is 25.6 Å². The maximum Gasteiger partial charge on any atom is 0.259 e. The lowest BCUT2D eigenvalue weighted by atomic mass is 9.90. The molecule has 2 aromatic rings. The van der Waals surface area contributed by atoms with Crippen molar-refractivity contribution in [2.75, 3.05) is 66.1 Å². The molecular formula is C24H37F2N9O2. The van der Waals surface area contributed by atoms with Gasteiger partial charge in [0.1, 0.15) is 11.7 Å². The van der Waals surface area contributed by atoms with Crippen molar-refractivity contribution in [2.45, 2.75) is 37.5 Å². The molecule has 0 saturated carbocycles. The zero-order valence-electron chi connectivity index (χ0n) is 21.7. The molecule has 13 heteroatoms. The number of nitrogens with zero attached hydrogens (tertiary/aromatic N) is 6. The molecule has 3 atom stereocenters. The maximum atomic E-state index is 15.2. The van der Waals surface area contributed by atoms with Gasteiger partial charge in [0.15, 0.2) is 17.3 Å². The van der Waals surface area contributed by atoms with E-state index in [1.165, 1.54) is 0 Å². The number of hydrogen-bond donors (Lipinski definition) is 3. The summed E-state index contributed by atoms with van der Waals surface area (Å²) in [4.78, 5) is 36.0. The van der Waals surface area contributed by atoms with Gasteiger partial charge in [0.25, 0.3) is 5.91 Å². The number of rotatable bonds is 8. The van der Waals surface area contributed by atoms with Gasteiger partial charge in [0.05, 0.1) is 24.5 Å². The van der Waals surface area contributed by atoms with Crippen LogP contribution in [-0.2, 0) is 4.79 Å². The van der Waals surface area contributed by atoms with Gasteiger partial charge >= 0.3 is 0 Å². The number of nitrogens with one attached hydrogen (secondary N) is 2. The third kappa shape index (κ3) is 6.16. The van der Waals surface area contributed by atoms with Crippen LogP contribution in [0.5, 0.6) is 0 Å². The number of alkyl halides is 1. The van der Waals surface area contributed by atoms with Crippen LogP contribution in [0.3, 0.4) is 0 Å². The first-order valence-electron chi connectivity index (χ1n) is 12.7. The van der Waals surface area contributed by atoms with Crippen molar-refractivity contribution in [1.29, 1.82) is 0 Å². The van der Waals surface area contributed by atoms with Crippen LogP contribution in [-0.4, -0.2) is 120 Å². The third-order valence-corrected chi connectivity index (χ3v) is 7.27. The van der Waals surface area contributed by atoms with Crippen LogP contribution >= 0.6 is 0 Å². The highest BCUT2D eigenvalue weighted by Crippen LogP contribution is 2.26. The van der Waals surface area contributed by atoms with E-state index in [9.17, 15) is 14.0 Å². The molecule has 3 unspecified atom stereocenters. The Morgan fingerprint density at radius 1 is 1.22 bits per heavy atom. The van der Waals surface area contributed by atoms with Crippen LogP contribution in [0, 0.1) is 11.7 Å². The van der Waals surface area contributed by atoms with E-state index >= 15 is 4.39 Å². The van der Waals surface area contributed by atoms with Crippen LogP contribution in [0.1, 0.15) is 29.6 Å². The van der Waals surface area contributed by atoms with E-state index in [1.54, 1.807) is 4.90 Å². The molecule has 2 aliphatic rings. The van der Waals surface area contributed by atoms with E-state index < -0.39 is 30.0 Å². The Morgan fingerprint density at radius 2 is 1.95 bits per heavy atom. The first-order valence-corrected chi connectivity index (χ1v) is 12.7. The van der Waals surface area contributed by atoms with E-state index in [0.29, 0.717) is 39.0 Å². The number of aromatic nitrogens is 3. The second-order valence-electron chi connectivity index (χ2n) is 10.3. The number of carbonyl (C=O) groups is 2. The molecule has 2 amide bonds. The zero-order chi connectivity index (χ0) is 26.7. The number of fused-ring (bicyclic) bond motifs is 1. The maximum absolute atomic E-state index is 15.2. The molecule has 0 spiro atoms. The fraction of sp³-hybridized carbons (Fsp3) is 0.667. The Labute approximate surface area is 215 Å². The highest BCUT2D eigenvalue weighted by molar-refractivity contribution is 6.04. The summed E-state index contributed by atoms with van der Waals surface area (Å²) in [5.74, 6) is -1.18. The Morgan fingerprint density at radius 3 is 2.65 bits per heavy atom. The van der Waals surface area contributed by atoms with Gasteiger partial charge in [-0.1, -0.05) is 0 Å². The van der Waals surface area contributed by atoms with Gasteiger partial charge in [-0.05, 0) is 53.0 Å². The molecule has 0 radical (unpaired) electrons. The molecule has 2 fully saturated rings. The quantitative estimate of drug-likeness (QED) is 0.443. The summed E-state index contributed by atoms with van der Waals surface area (Å²) in [6.07, 6.45) is 3.07. The molecule has 11 nitrogen and oxygen atoms in total. The molecular weight excluding hydrogens is 484 g/mol. The summed E-state index contributed by atoms with van der Waals surface area (Å²) in [6, 6.07) is -1.08. The monoisotopic (exact) mass is 521 g/mol. The lowest BCUT2D eigenvalue weighted by molar-refractivity contribution is -0.136. The smallest absolute Gasteiger partial charge is 0.259 e. The number of carbonyl (C=O) groups excluding carboxylic acids is 2. The summed E-state index contributed by atoms with van der Waals surface area (Å²) < 4.78 is 29.8. The van der Waals surface area contributed by atoms with Crippen LogP contribution < -0.4 is 16.4 Å².